The molecule has 1 aliphatic heterocycles. The van der Waals surface area contributed by atoms with Crippen LogP contribution in [0.2, 0.25) is 0 Å². The molecular formula is C20H27ClFN3O2. The lowest BCUT2D eigenvalue weighted by atomic mass is 10.1. The predicted molar refractivity (Wildman–Crippen MR) is 107 cm³/mol. The molecule has 3 rings (SSSR count). The summed E-state index contributed by atoms with van der Waals surface area (Å²) < 4.78 is 20.6. The van der Waals surface area contributed by atoms with Crippen molar-refractivity contribution in [1.82, 2.24) is 14.7 Å². The molecule has 0 radical (unpaired) electrons. The number of ether oxygens (including phenoxy) is 1. The summed E-state index contributed by atoms with van der Waals surface area (Å²) in [6.45, 7) is 10.0. The number of hydrogen-bond acceptors (Lipinski definition) is 4. The van der Waals surface area contributed by atoms with E-state index in [-0.39, 0.29) is 23.8 Å². The molecule has 1 saturated heterocycles. The van der Waals surface area contributed by atoms with Crippen LogP contribution in [0.4, 0.5) is 4.39 Å². The van der Waals surface area contributed by atoms with Crippen molar-refractivity contribution in [2.24, 2.45) is 5.92 Å². The Bertz CT molecular complexity index is 832. The summed E-state index contributed by atoms with van der Waals surface area (Å²) in [5.74, 6) is 0.0689. The summed E-state index contributed by atoms with van der Waals surface area (Å²) in [5, 5.41) is 4.55. The van der Waals surface area contributed by atoms with Gasteiger partial charge >= 0.3 is 0 Å². The maximum atomic E-state index is 13.6. The van der Waals surface area contributed by atoms with Crippen LogP contribution in [0.15, 0.2) is 29.1 Å². The Morgan fingerprint density at radius 2 is 1.93 bits per heavy atom. The Morgan fingerprint density at radius 1 is 1.22 bits per heavy atom. The molecule has 27 heavy (non-hydrogen) atoms. The largest absolute Gasteiger partial charge is 0.379 e. The van der Waals surface area contributed by atoms with E-state index in [2.05, 4.69) is 23.8 Å². The molecule has 2 heterocycles. The van der Waals surface area contributed by atoms with Gasteiger partial charge in [-0.1, -0.05) is 13.8 Å². The van der Waals surface area contributed by atoms with Crippen LogP contribution in [-0.4, -0.2) is 41.0 Å². The lowest BCUT2D eigenvalue weighted by molar-refractivity contribution is 0.0339. The molecule has 0 atom stereocenters. The van der Waals surface area contributed by atoms with Gasteiger partial charge in [0.2, 0.25) is 0 Å². The quantitative estimate of drug-likeness (QED) is 0.779. The van der Waals surface area contributed by atoms with Crippen molar-refractivity contribution >= 4 is 12.4 Å². The van der Waals surface area contributed by atoms with Crippen molar-refractivity contribution in [2.45, 2.75) is 33.9 Å². The van der Waals surface area contributed by atoms with Crippen LogP contribution in [0, 0.1) is 18.7 Å². The average molecular weight is 396 g/mol. The van der Waals surface area contributed by atoms with Gasteiger partial charge in [-0.3, -0.25) is 9.69 Å². The second-order valence-corrected chi connectivity index (χ2v) is 7.29. The molecule has 0 saturated carbocycles. The van der Waals surface area contributed by atoms with E-state index in [0.717, 1.165) is 24.2 Å². The third kappa shape index (κ3) is 5.37. The van der Waals surface area contributed by atoms with Crippen LogP contribution >= 0.6 is 12.4 Å². The first-order chi connectivity index (χ1) is 12.4. The minimum atomic E-state index is -0.238. The van der Waals surface area contributed by atoms with Crippen molar-refractivity contribution < 1.29 is 9.13 Å². The summed E-state index contributed by atoms with van der Waals surface area (Å²) >= 11 is 0. The topological polar surface area (TPSA) is 47.4 Å². The minimum absolute atomic E-state index is 0. The first kappa shape index (κ1) is 21.5. The summed E-state index contributed by atoms with van der Waals surface area (Å²) in [6, 6.07) is 6.79. The zero-order chi connectivity index (χ0) is 18.7. The fourth-order valence-electron chi connectivity index (χ4n) is 3.13. The van der Waals surface area contributed by atoms with Crippen LogP contribution in [0.1, 0.15) is 25.0 Å². The van der Waals surface area contributed by atoms with Gasteiger partial charge in [0.1, 0.15) is 5.82 Å². The number of aryl methyl sites for hydroxylation is 1. The number of morpholine rings is 1. The molecule has 7 heteroatoms. The van der Waals surface area contributed by atoms with Gasteiger partial charge in [-0.15, -0.1) is 12.4 Å². The summed E-state index contributed by atoms with van der Waals surface area (Å²) in [5.41, 5.74) is 2.77. The Balaban J connectivity index is 0.00000261. The van der Waals surface area contributed by atoms with Crippen LogP contribution in [0.3, 0.4) is 0 Å². The van der Waals surface area contributed by atoms with Gasteiger partial charge in [0.25, 0.3) is 5.56 Å². The van der Waals surface area contributed by atoms with Crippen LogP contribution in [0.25, 0.3) is 11.3 Å². The number of halogens is 2. The van der Waals surface area contributed by atoms with Crippen molar-refractivity contribution in [3.63, 3.8) is 0 Å². The maximum absolute atomic E-state index is 13.6. The highest BCUT2D eigenvalue weighted by Gasteiger charge is 2.16. The first-order valence-corrected chi connectivity index (χ1v) is 9.11. The predicted octanol–water partition coefficient (Wildman–Crippen LogP) is 3.27. The molecular weight excluding hydrogens is 369 g/mol. The molecule has 0 unspecified atom stereocenters. The van der Waals surface area contributed by atoms with Gasteiger partial charge in [-0.05, 0) is 42.7 Å². The number of rotatable bonds is 5. The summed E-state index contributed by atoms with van der Waals surface area (Å²) in [4.78, 5) is 15.1. The van der Waals surface area contributed by atoms with Crippen molar-refractivity contribution in [2.75, 3.05) is 26.3 Å². The molecule has 0 bridgehead atoms. The van der Waals surface area contributed by atoms with Gasteiger partial charge < -0.3 is 4.74 Å². The van der Waals surface area contributed by atoms with Crippen LogP contribution in [-0.2, 0) is 17.8 Å². The van der Waals surface area contributed by atoms with E-state index in [0.29, 0.717) is 43.5 Å². The lowest BCUT2D eigenvalue weighted by Crippen LogP contribution is -2.38. The molecule has 1 aromatic carbocycles. The maximum Gasteiger partial charge on any atom is 0.271 e. The second kappa shape index (κ2) is 9.44. The second-order valence-electron chi connectivity index (χ2n) is 7.29. The van der Waals surface area contributed by atoms with E-state index in [4.69, 9.17) is 4.74 Å². The first-order valence-electron chi connectivity index (χ1n) is 9.11. The molecule has 2 aromatic rings. The van der Waals surface area contributed by atoms with Crippen LogP contribution < -0.4 is 5.56 Å². The summed E-state index contributed by atoms with van der Waals surface area (Å²) in [7, 11) is 0. The molecule has 5 nitrogen and oxygen atoms in total. The van der Waals surface area contributed by atoms with E-state index in [1.54, 1.807) is 23.7 Å². The zero-order valence-electron chi connectivity index (χ0n) is 16.1. The van der Waals surface area contributed by atoms with Crippen molar-refractivity contribution in [3.05, 3.63) is 51.6 Å². The van der Waals surface area contributed by atoms with E-state index < -0.39 is 0 Å². The third-order valence-electron chi connectivity index (χ3n) is 4.54. The molecule has 148 valence electrons. The van der Waals surface area contributed by atoms with E-state index in [1.165, 1.54) is 6.07 Å². The van der Waals surface area contributed by atoms with Gasteiger partial charge in [0.15, 0.2) is 0 Å². The standard InChI is InChI=1S/C20H26FN3O2.ClH/c1-14(2)12-24-20(25)17(13-23-6-8-26-9-7-23)11-19(22-24)16-4-5-18(21)15(3)10-16;/h4-5,10-11,14H,6-9,12-13H2,1-3H3;1H. The molecule has 1 aromatic heterocycles. The lowest BCUT2D eigenvalue weighted by Gasteiger charge is -2.26. The molecule has 0 N–H and O–H groups in total. The monoisotopic (exact) mass is 395 g/mol. The molecule has 1 aliphatic rings. The zero-order valence-corrected chi connectivity index (χ0v) is 16.9. The third-order valence-corrected chi connectivity index (χ3v) is 4.54. The number of hydrogen-bond donors (Lipinski definition) is 0. The normalized spacial score (nSPS) is 15.0. The summed E-state index contributed by atoms with van der Waals surface area (Å²) in [6.07, 6.45) is 0. The highest BCUT2D eigenvalue weighted by atomic mass is 35.5. The fourth-order valence-corrected chi connectivity index (χ4v) is 3.13. The SMILES string of the molecule is Cc1cc(-c2cc(CN3CCOCC3)c(=O)n(CC(C)C)n2)ccc1F.Cl. The van der Waals surface area contributed by atoms with E-state index in [9.17, 15) is 9.18 Å². The highest BCUT2D eigenvalue weighted by molar-refractivity contribution is 5.85. The van der Waals surface area contributed by atoms with Crippen LogP contribution in [0.5, 0.6) is 0 Å². The number of benzene rings is 1. The van der Waals surface area contributed by atoms with E-state index >= 15 is 0 Å². The molecule has 0 aliphatic carbocycles. The Kier molecular flexibility index (Phi) is 7.53. The number of aromatic nitrogens is 2. The number of nitrogens with zero attached hydrogens (tertiary/aromatic N) is 3. The van der Waals surface area contributed by atoms with Gasteiger partial charge in [-0.25, -0.2) is 9.07 Å². The molecule has 0 amide bonds. The van der Waals surface area contributed by atoms with Crippen molar-refractivity contribution in [1.29, 1.82) is 0 Å². The minimum Gasteiger partial charge on any atom is -0.379 e. The fraction of sp³-hybridized carbons (Fsp3) is 0.500. The smallest absolute Gasteiger partial charge is 0.271 e. The Morgan fingerprint density at radius 3 is 2.56 bits per heavy atom. The van der Waals surface area contributed by atoms with Gasteiger partial charge in [-0.2, -0.15) is 5.10 Å². The Hall–Kier alpha value is -1.76. The highest BCUT2D eigenvalue weighted by Crippen LogP contribution is 2.20. The molecule has 1 fully saturated rings. The Labute approximate surface area is 165 Å². The van der Waals surface area contributed by atoms with Gasteiger partial charge in [0, 0.05) is 37.3 Å². The molecule has 0 spiro atoms. The average Bonchev–Trinajstić information content (AvgIpc) is 2.61. The van der Waals surface area contributed by atoms with Gasteiger partial charge in [0.05, 0.1) is 18.9 Å². The van der Waals surface area contributed by atoms with Crippen molar-refractivity contribution in [3.8, 4) is 11.3 Å². The van der Waals surface area contributed by atoms with E-state index in [1.807, 2.05) is 6.07 Å².